The van der Waals surface area contributed by atoms with Crippen LogP contribution in [0.3, 0.4) is 0 Å². The number of amides is 1. The van der Waals surface area contributed by atoms with Crippen LogP contribution in [0.5, 0.6) is 0 Å². The summed E-state index contributed by atoms with van der Waals surface area (Å²) in [5, 5.41) is 3.01. The Hall–Kier alpha value is -2.50. The quantitative estimate of drug-likeness (QED) is 0.854. The second kappa shape index (κ2) is 6.98. The molecule has 1 aliphatic rings. The minimum Gasteiger partial charge on any atom is -0.354 e. The van der Waals surface area contributed by atoms with E-state index in [1.165, 1.54) is 0 Å². The Bertz CT molecular complexity index is 650. The van der Waals surface area contributed by atoms with Crippen molar-refractivity contribution in [2.45, 2.75) is 25.8 Å². The number of hydrogen-bond acceptors (Lipinski definition) is 4. The van der Waals surface area contributed by atoms with Crippen molar-refractivity contribution in [3.63, 3.8) is 0 Å². The molecule has 1 aliphatic carbocycles. The summed E-state index contributed by atoms with van der Waals surface area (Å²) in [4.78, 5) is 24.7. The second-order valence-corrected chi connectivity index (χ2v) is 5.31. The molecule has 0 aliphatic heterocycles. The zero-order valence-electron chi connectivity index (χ0n) is 12.4. The summed E-state index contributed by atoms with van der Waals surface area (Å²) in [5.74, 6) is 1.03. The van der Waals surface area contributed by atoms with Gasteiger partial charge in [-0.1, -0.05) is 12.2 Å². The third-order valence-electron chi connectivity index (χ3n) is 3.80. The van der Waals surface area contributed by atoms with Crippen LogP contribution in [0, 0.1) is 5.92 Å². The lowest BCUT2D eigenvalue weighted by atomic mass is 9.94. The van der Waals surface area contributed by atoms with Crippen molar-refractivity contribution in [1.82, 2.24) is 24.8 Å². The van der Waals surface area contributed by atoms with Crippen molar-refractivity contribution in [3.05, 3.63) is 43.1 Å². The van der Waals surface area contributed by atoms with E-state index < -0.39 is 0 Å². The molecule has 0 unspecified atom stereocenters. The van der Waals surface area contributed by atoms with Gasteiger partial charge in [0.2, 0.25) is 5.91 Å². The molecule has 0 radical (unpaired) electrons. The van der Waals surface area contributed by atoms with Gasteiger partial charge in [-0.15, -0.1) is 0 Å². The summed E-state index contributed by atoms with van der Waals surface area (Å²) >= 11 is 0. The smallest absolute Gasteiger partial charge is 0.223 e. The molecule has 6 heteroatoms. The minimum atomic E-state index is 0.118. The predicted molar refractivity (Wildman–Crippen MR) is 82.7 cm³/mol. The molecule has 0 saturated heterocycles. The maximum atomic E-state index is 12.1. The number of imidazole rings is 1. The summed E-state index contributed by atoms with van der Waals surface area (Å²) < 4.78 is 1.98. The van der Waals surface area contributed by atoms with Crippen LogP contribution in [0.15, 0.2) is 43.1 Å². The number of allylic oxidation sites excluding steroid dienone is 2. The molecule has 0 bridgehead atoms. The predicted octanol–water partition coefficient (Wildman–Crippen LogP) is 1.81. The number of aromatic nitrogens is 4. The highest BCUT2D eigenvalue weighted by molar-refractivity contribution is 5.78. The average molecular weight is 297 g/mol. The zero-order valence-corrected chi connectivity index (χ0v) is 12.4. The van der Waals surface area contributed by atoms with Gasteiger partial charge in [-0.3, -0.25) is 9.78 Å². The van der Waals surface area contributed by atoms with E-state index in [0.29, 0.717) is 13.1 Å². The van der Waals surface area contributed by atoms with E-state index in [0.717, 1.165) is 30.8 Å². The van der Waals surface area contributed by atoms with Gasteiger partial charge < -0.3 is 9.88 Å². The molecule has 0 saturated carbocycles. The van der Waals surface area contributed by atoms with E-state index in [-0.39, 0.29) is 11.8 Å². The number of hydrogen-bond donors (Lipinski definition) is 1. The van der Waals surface area contributed by atoms with Gasteiger partial charge in [-0.25, -0.2) is 9.97 Å². The van der Waals surface area contributed by atoms with Crippen molar-refractivity contribution < 1.29 is 4.79 Å². The third kappa shape index (κ3) is 3.39. The minimum absolute atomic E-state index is 0.118. The Morgan fingerprint density at radius 3 is 3.00 bits per heavy atom. The lowest BCUT2D eigenvalue weighted by Crippen LogP contribution is -2.33. The number of rotatable bonds is 5. The SMILES string of the molecule is O=C(NCCn1ccnc1-c1cnccn1)[C@H]1CC=CCC1. The molecule has 2 heterocycles. The topological polar surface area (TPSA) is 72.7 Å². The molecule has 1 atom stereocenters. The normalized spacial score (nSPS) is 17.4. The Morgan fingerprint density at radius 1 is 1.27 bits per heavy atom. The van der Waals surface area contributed by atoms with Crippen molar-refractivity contribution in [1.29, 1.82) is 0 Å². The Labute approximate surface area is 129 Å². The first-order valence-corrected chi connectivity index (χ1v) is 7.55. The maximum absolute atomic E-state index is 12.1. The van der Waals surface area contributed by atoms with E-state index in [9.17, 15) is 4.79 Å². The summed E-state index contributed by atoms with van der Waals surface area (Å²) in [6.07, 6.45) is 15.6. The zero-order chi connectivity index (χ0) is 15.2. The largest absolute Gasteiger partial charge is 0.354 e. The van der Waals surface area contributed by atoms with Gasteiger partial charge in [-0.05, 0) is 19.3 Å². The first kappa shape index (κ1) is 14.4. The van der Waals surface area contributed by atoms with Gasteiger partial charge in [0, 0.05) is 43.8 Å². The summed E-state index contributed by atoms with van der Waals surface area (Å²) in [7, 11) is 0. The number of nitrogens with one attached hydrogen (secondary N) is 1. The maximum Gasteiger partial charge on any atom is 0.223 e. The highest BCUT2D eigenvalue weighted by atomic mass is 16.1. The molecule has 2 aromatic rings. The highest BCUT2D eigenvalue weighted by Crippen LogP contribution is 2.18. The molecule has 114 valence electrons. The molecule has 0 fully saturated rings. The van der Waals surface area contributed by atoms with Crippen LogP contribution in [0.25, 0.3) is 11.5 Å². The van der Waals surface area contributed by atoms with Crippen LogP contribution in [0.2, 0.25) is 0 Å². The number of carbonyl (C=O) groups is 1. The molecule has 0 spiro atoms. The fraction of sp³-hybridized carbons (Fsp3) is 0.375. The summed E-state index contributed by atoms with van der Waals surface area (Å²) in [6, 6.07) is 0. The molecule has 2 aromatic heterocycles. The molecular formula is C16H19N5O. The molecule has 1 N–H and O–H groups in total. The lowest BCUT2D eigenvalue weighted by Gasteiger charge is -2.17. The van der Waals surface area contributed by atoms with Gasteiger partial charge in [0.15, 0.2) is 5.82 Å². The van der Waals surface area contributed by atoms with Crippen molar-refractivity contribution in [3.8, 4) is 11.5 Å². The second-order valence-electron chi connectivity index (χ2n) is 5.31. The van der Waals surface area contributed by atoms with Crippen LogP contribution >= 0.6 is 0 Å². The standard InChI is InChI=1S/C16H19N5O/c22-16(13-4-2-1-3-5-13)20-9-11-21-10-8-19-15(21)14-12-17-6-7-18-14/h1-2,6-8,10,12-13H,3-5,9,11H2,(H,20,22)/t13-/m0/s1. The van der Waals surface area contributed by atoms with E-state index in [1.807, 2.05) is 10.8 Å². The highest BCUT2D eigenvalue weighted by Gasteiger charge is 2.18. The van der Waals surface area contributed by atoms with Crippen LogP contribution in [-0.2, 0) is 11.3 Å². The first-order valence-electron chi connectivity index (χ1n) is 7.55. The Kier molecular flexibility index (Phi) is 4.58. The van der Waals surface area contributed by atoms with Crippen molar-refractivity contribution >= 4 is 5.91 Å². The monoisotopic (exact) mass is 297 g/mol. The van der Waals surface area contributed by atoms with Gasteiger partial charge in [0.25, 0.3) is 0 Å². The van der Waals surface area contributed by atoms with Crippen LogP contribution in [-0.4, -0.2) is 32.0 Å². The molecular weight excluding hydrogens is 278 g/mol. The first-order chi connectivity index (χ1) is 10.8. The lowest BCUT2D eigenvalue weighted by molar-refractivity contribution is -0.125. The van der Waals surface area contributed by atoms with Gasteiger partial charge in [0.1, 0.15) is 5.69 Å². The average Bonchev–Trinajstić information content (AvgIpc) is 3.05. The van der Waals surface area contributed by atoms with Crippen molar-refractivity contribution in [2.75, 3.05) is 6.54 Å². The number of nitrogens with zero attached hydrogens (tertiary/aromatic N) is 4. The molecule has 1 amide bonds. The Morgan fingerprint density at radius 2 is 2.23 bits per heavy atom. The fourth-order valence-electron chi connectivity index (χ4n) is 2.61. The summed E-state index contributed by atoms with van der Waals surface area (Å²) in [5.41, 5.74) is 0.733. The number of carbonyl (C=O) groups excluding carboxylic acids is 1. The fourth-order valence-corrected chi connectivity index (χ4v) is 2.61. The van der Waals surface area contributed by atoms with Crippen molar-refractivity contribution in [2.24, 2.45) is 5.92 Å². The van der Waals surface area contributed by atoms with E-state index in [4.69, 9.17) is 0 Å². The van der Waals surface area contributed by atoms with Gasteiger partial charge in [0.05, 0.1) is 6.20 Å². The molecule has 22 heavy (non-hydrogen) atoms. The van der Waals surface area contributed by atoms with Gasteiger partial charge in [-0.2, -0.15) is 0 Å². The molecule has 6 nitrogen and oxygen atoms in total. The van der Waals surface area contributed by atoms with E-state index in [1.54, 1.807) is 24.8 Å². The molecule has 0 aromatic carbocycles. The summed E-state index contributed by atoms with van der Waals surface area (Å²) in [6.45, 7) is 1.25. The Balaban J connectivity index is 1.55. The van der Waals surface area contributed by atoms with Crippen LogP contribution < -0.4 is 5.32 Å². The third-order valence-corrected chi connectivity index (χ3v) is 3.80. The van der Waals surface area contributed by atoms with E-state index in [2.05, 4.69) is 32.4 Å². The van der Waals surface area contributed by atoms with Gasteiger partial charge >= 0.3 is 0 Å². The van der Waals surface area contributed by atoms with Crippen LogP contribution in [0.1, 0.15) is 19.3 Å². The molecule has 3 rings (SSSR count). The van der Waals surface area contributed by atoms with Crippen LogP contribution in [0.4, 0.5) is 0 Å². The van der Waals surface area contributed by atoms with E-state index >= 15 is 0 Å².